The van der Waals surface area contributed by atoms with Crippen molar-refractivity contribution in [2.45, 2.75) is 78.6 Å². The monoisotopic (exact) mass is 499 g/mol. The normalized spacial score (nSPS) is 19.8. The number of nitrogens with zero attached hydrogens (tertiary/aromatic N) is 1. The van der Waals surface area contributed by atoms with E-state index in [0.717, 1.165) is 11.1 Å². The number of carbonyl (C=O) groups excluding carboxylic acids is 3. The van der Waals surface area contributed by atoms with Crippen molar-refractivity contribution >= 4 is 29.1 Å². The summed E-state index contributed by atoms with van der Waals surface area (Å²) in [5, 5.41) is 18.2. The van der Waals surface area contributed by atoms with Crippen molar-refractivity contribution < 1.29 is 19.5 Å². The molecule has 2 aromatic rings. The Morgan fingerprint density at radius 3 is 2.31 bits per heavy atom. The Labute approximate surface area is 211 Å². The Bertz CT molecular complexity index is 1060. The Morgan fingerprint density at radius 2 is 1.80 bits per heavy atom. The fraction of sp³-hybridized carbons (Fsp3) is 0.519. The third-order valence-electron chi connectivity index (χ3n) is 6.49. The van der Waals surface area contributed by atoms with Crippen molar-refractivity contribution in [2.75, 3.05) is 6.54 Å². The first-order valence-electron chi connectivity index (χ1n) is 12.1. The minimum Gasteiger partial charge on any atom is -0.391 e. The standard InChI is InChI=1S/C27H37N3O4S/c1-7-21(18-8-10-19(11-9-18)23-16(2)12-13-35-23)29-25(33)22-14-20(32)15-30(22)26(34)24(27(4,5)6)28-17(3)31/h8-13,20-22,24,32H,7,14-15H2,1-6H3,(H,28,31)(H,29,33)/t20-,21+,22+,24-/m1/s1. The first kappa shape index (κ1) is 26.9. The average Bonchev–Trinajstić information content (AvgIpc) is 3.40. The second-order valence-corrected chi connectivity index (χ2v) is 11.3. The molecule has 0 unspecified atom stereocenters. The molecule has 0 spiro atoms. The second-order valence-electron chi connectivity index (χ2n) is 10.4. The number of aliphatic hydroxyl groups excluding tert-OH is 1. The summed E-state index contributed by atoms with van der Waals surface area (Å²) in [4.78, 5) is 41.1. The van der Waals surface area contributed by atoms with E-state index in [1.54, 1.807) is 11.3 Å². The molecule has 1 saturated heterocycles. The van der Waals surface area contributed by atoms with Gasteiger partial charge in [0.15, 0.2) is 0 Å². The molecule has 1 aromatic carbocycles. The number of aryl methyl sites for hydroxylation is 1. The molecule has 0 aliphatic carbocycles. The number of carbonyl (C=O) groups is 3. The van der Waals surface area contributed by atoms with Crippen molar-refractivity contribution in [1.82, 2.24) is 15.5 Å². The van der Waals surface area contributed by atoms with Gasteiger partial charge in [0.05, 0.1) is 12.1 Å². The Balaban J connectivity index is 1.76. The van der Waals surface area contributed by atoms with Crippen LogP contribution in [-0.2, 0) is 14.4 Å². The maximum atomic E-state index is 13.4. The fourth-order valence-electron chi connectivity index (χ4n) is 4.55. The molecule has 8 heteroatoms. The molecule has 2 heterocycles. The van der Waals surface area contributed by atoms with E-state index in [1.807, 2.05) is 39.8 Å². The lowest BCUT2D eigenvalue weighted by Gasteiger charge is -2.35. The van der Waals surface area contributed by atoms with Crippen LogP contribution in [0.1, 0.15) is 64.6 Å². The van der Waals surface area contributed by atoms with Gasteiger partial charge in [-0.25, -0.2) is 0 Å². The summed E-state index contributed by atoms with van der Waals surface area (Å²) in [5.41, 5.74) is 2.82. The van der Waals surface area contributed by atoms with Gasteiger partial charge < -0.3 is 20.6 Å². The highest BCUT2D eigenvalue weighted by atomic mass is 32.1. The van der Waals surface area contributed by atoms with Crippen LogP contribution in [0.3, 0.4) is 0 Å². The van der Waals surface area contributed by atoms with Crippen LogP contribution in [0.15, 0.2) is 35.7 Å². The molecule has 3 amide bonds. The lowest BCUT2D eigenvalue weighted by molar-refractivity contribution is -0.144. The quantitative estimate of drug-likeness (QED) is 0.540. The van der Waals surface area contributed by atoms with Gasteiger partial charge in [0.25, 0.3) is 0 Å². The van der Waals surface area contributed by atoms with Crippen LogP contribution >= 0.6 is 11.3 Å². The van der Waals surface area contributed by atoms with E-state index in [-0.39, 0.29) is 36.7 Å². The number of amides is 3. The summed E-state index contributed by atoms with van der Waals surface area (Å²) in [6.45, 7) is 11.1. The smallest absolute Gasteiger partial charge is 0.246 e. The zero-order valence-electron chi connectivity index (χ0n) is 21.4. The van der Waals surface area contributed by atoms with Crippen molar-refractivity contribution in [3.05, 3.63) is 46.8 Å². The first-order valence-corrected chi connectivity index (χ1v) is 13.0. The van der Waals surface area contributed by atoms with Gasteiger partial charge in [0.2, 0.25) is 17.7 Å². The topological polar surface area (TPSA) is 98.7 Å². The molecular formula is C27H37N3O4S. The van der Waals surface area contributed by atoms with Crippen LogP contribution in [0.4, 0.5) is 0 Å². The molecule has 1 fully saturated rings. The summed E-state index contributed by atoms with van der Waals surface area (Å²) in [6, 6.07) is 8.49. The third kappa shape index (κ3) is 6.30. The number of nitrogens with one attached hydrogen (secondary N) is 2. The highest BCUT2D eigenvalue weighted by Crippen LogP contribution is 2.31. The highest BCUT2D eigenvalue weighted by Gasteiger charge is 2.44. The van der Waals surface area contributed by atoms with Gasteiger partial charge in [-0.05, 0) is 46.9 Å². The molecule has 0 saturated carbocycles. The maximum absolute atomic E-state index is 13.4. The molecule has 3 N–H and O–H groups in total. The van der Waals surface area contributed by atoms with Crippen molar-refractivity contribution in [1.29, 1.82) is 0 Å². The van der Waals surface area contributed by atoms with E-state index >= 15 is 0 Å². The van der Waals surface area contributed by atoms with Crippen LogP contribution in [0.25, 0.3) is 10.4 Å². The fourth-order valence-corrected chi connectivity index (χ4v) is 5.48. The van der Waals surface area contributed by atoms with Gasteiger partial charge in [-0.2, -0.15) is 0 Å². The van der Waals surface area contributed by atoms with Crippen LogP contribution in [0, 0.1) is 12.3 Å². The molecule has 1 aliphatic heterocycles. The van der Waals surface area contributed by atoms with Crippen LogP contribution in [-0.4, -0.2) is 52.5 Å². The molecule has 35 heavy (non-hydrogen) atoms. The predicted molar refractivity (Wildman–Crippen MR) is 139 cm³/mol. The molecule has 4 atom stereocenters. The molecule has 1 aliphatic rings. The summed E-state index contributed by atoms with van der Waals surface area (Å²) in [7, 11) is 0. The van der Waals surface area contributed by atoms with E-state index in [9.17, 15) is 19.5 Å². The molecular weight excluding hydrogens is 462 g/mol. The zero-order valence-corrected chi connectivity index (χ0v) is 22.2. The number of aliphatic hydroxyl groups is 1. The largest absolute Gasteiger partial charge is 0.391 e. The Morgan fingerprint density at radius 1 is 1.14 bits per heavy atom. The van der Waals surface area contributed by atoms with E-state index in [1.165, 1.54) is 22.3 Å². The minimum absolute atomic E-state index is 0.0642. The van der Waals surface area contributed by atoms with Gasteiger partial charge in [0, 0.05) is 24.8 Å². The molecule has 7 nitrogen and oxygen atoms in total. The van der Waals surface area contributed by atoms with Gasteiger partial charge >= 0.3 is 0 Å². The van der Waals surface area contributed by atoms with Crippen LogP contribution in [0.2, 0.25) is 0 Å². The molecule has 0 bridgehead atoms. The minimum atomic E-state index is -0.796. The van der Waals surface area contributed by atoms with Gasteiger partial charge in [-0.1, -0.05) is 52.0 Å². The molecule has 3 rings (SSSR count). The predicted octanol–water partition coefficient (Wildman–Crippen LogP) is 3.80. The second kappa shape index (κ2) is 10.9. The SMILES string of the molecule is CC[C@H](NC(=O)[C@@H]1C[C@@H](O)CN1C(=O)[C@@H](NC(C)=O)C(C)(C)C)c1ccc(-c2sccc2C)cc1. The third-order valence-corrected chi connectivity index (χ3v) is 7.55. The van der Waals surface area contributed by atoms with Crippen LogP contribution in [0.5, 0.6) is 0 Å². The van der Waals surface area contributed by atoms with Gasteiger partial charge in [-0.3, -0.25) is 14.4 Å². The summed E-state index contributed by atoms with van der Waals surface area (Å²) >= 11 is 1.70. The molecule has 1 aromatic heterocycles. The van der Waals surface area contributed by atoms with E-state index in [2.05, 4.69) is 41.1 Å². The first-order chi connectivity index (χ1) is 16.4. The number of thiophene rings is 1. The zero-order chi connectivity index (χ0) is 25.9. The Hall–Kier alpha value is -2.71. The van der Waals surface area contributed by atoms with Crippen molar-refractivity contribution in [3.8, 4) is 10.4 Å². The number of hydrogen-bond donors (Lipinski definition) is 3. The highest BCUT2D eigenvalue weighted by molar-refractivity contribution is 7.13. The van der Waals surface area contributed by atoms with E-state index < -0.39 is 23.6 Å². The number of benzene rings is 1. The molecule has 0 radical (unpaired) electrons. The van der Waals surface area contributed by atoms with Crippen molar-refractivity contribution in [3.63, 3.8) is 0 Å². The number of β-amino-alcohol motifs (C(OH)–C–C–N with tert-alkyl or cyclic N) is 1. The van der Waals surface area contributed by atoms with Gasteiger partial charge in [-0.15, -0.1) is 11.3 Å². The molecule has 190 valence electrons. The summed E-state index contributed by atoms with van der Waals surface area (Å²) in [5.74, 6) is -0.963. The van der Waals surface area contributed by atoms with E-state index in [4.69, 9.17) is 0 Å². The van der Waals surface area contributed by atoms with Crippen molar-refractivity contribution in [2.24, 2.45) is 5.41 Å². The number of hydrogen-bond acceptors (Lipinski definition) is 5. The lowest BCUT2D eigenvalue weighted by Crippen LogP contribution is -2.57. The van der Waals surface area contributed by atoms with E-state index in [0.29, 0.717) is 6.42 Å². The Kier molecular flexibility index (Phi) is 8.38. The van der Waals surface area contributed by atoms with Gasteiger partial charge in [0.1, 0.15) is 12.1 Å². The summed E-state index contributed by atoms with van der Waals surface area (Å²) in [6.07, 6.45) is 0.0609. The maximum Gasteiger partial charge on any atom is 0.246 e. The van der Waals surface area contributed by atoms with Crippen LogP contribution < -0.4 is 10.6 Å². The lowest BCUT2D eigenvalue weighted by atomic mass is 9.85. The summed E-state index contributed by atoms with van der Waals surface area (Å²) < 4.78 is 0. The number of rotatable bonds is 7. The number of likely N-dealkylation sites (tertiary alicyclic amines) is 1. The average molecular weight is 500 g/mol.